The van der Waals surface area contributed by atoms with Crippen LogP contribution in [0.4, 0.5) is 0 Å². The van der Waals surface area contributed by atoms with Gasteiger partial charge in [0.1, 0.15) is 0 Å². The number of guanidine groups is 1. The number of likely N-dealkylation sites (tertiary alicyclic amines) is 2. The molecule has 2 saturated heterocycles. The van der Waals surface area contributed by atoms with Crippen LogP contribution in [0.5, 0.6) is 0 Å². The molecule has 0 saturated carbocycles. The van der Waals surface area contributed by atoms with Gasteiger partial charge >= 0.3 is 0 Å². The van der Waals surface area contributed by atoms with Crippen molar-refractivity contribution in [1.82, 2.24) is 20.4 Å². The van der Waals surface area contributed by atoms with Crippen molar-refractivity contribution < 1.29 is 0 Å². The van der Waals surface area contributed by atoms with Crippen molar-refractivity contribution in [2.24, 2.45) is 10.9 Å². The van der Waals surface area contributed by atoms with E-state index in [-0.39, 0.29) is 24.0 Å². The summed E-state index contributed by atoms with van der Waals surface area (Å²) in [4.78, 5) is 10.0. The summed E-state index contributed by atoms with van der Waals surface area (Å²) in [6, 6.07) is 11.4. The molecule has 5 nitrogen and oxygen atoms in total. The van der Waals surface area contributed by atoms with Crippen LogP contribution < -0.4 is 10.6 Å². The second-order valence-corrected chi connectivity index (χ2v) is 8.61. The van der Waals surface area contributed by atoms with Crippen LogP contribution in [0, 0.1) is 5.92 Å². The lowest BCUT2D eigenvalue weighted by Crippen LogP contribution is -2.48. The minimum absolute atomic E-state index is 0. The predicted octanol–water partition coefficient (Wildman–Crippen LogP) is 3.95. The van der Waals surface area contributed by atoms with Crippen LogP contribution in [0.15, 0.2) is 35.3 Å². The summed E-state index contributed by atoms with van der Waals surface area (Å²) in [5, 5.41) is 7.15. The van der Waals surface area contributed by atoms with Crippen LogP contribution in [0.3, 0.4) is 0 Å². The molecule has 0 aliphatic carbocycles. The average Bonchev–Trinajstić information content (AvgIpc) is 2.76. The van der Waals surface area contributed by atoms with Gasteiger partial charge < -0.3 is 15.5 Å². The van der Waals surface area contributed by atoms with E-state index in [2.05, 4.69) is 64.6 Å². The number of hydrogen-bond donors (Lipinski definition) is 2. The molecule has 30 heavy (non-hydrogen) atoms. The Bertz CT molecular complexity index is 593. The van der Waals surface area contributed by atoms with Gasteiger partial charge in [0.25, 0.3) is 0 Å². The minimum atomic E-state index is 0. The molecule has 2 N–H and O–H groups in total. The zero-order valence-corrected chi connectivity index (χ0v) is 21.3. The Hall–Kier alpha value is -0.860. The monoisotopic (exact) mass is 527 g/mol. The van der Waals surface area contributed by atoms with Crippen molar-refractivity contribution in [3.05, 3.63) is 35.9 Å². The second-order valence-electron chi connectivity index (χ2n) is 8.61. The SMILES string of the molecule is CCNC(=NCCC1CCN(CC)CC1)NC1CCN(Cc2ccccc2)CC1.I. The summed E-state index contributed by atoms with van der Waals surface area (Å²) < 4.78 is 0. The van der Waals surface area contributed by atoms with Gasteiger partial charge in [0.05, 0.1) is 0 Å². The standard InChI is InChI=1S/C24H41N5.HI/c1-3-25-24(26-15-10-21-11-16-28(4-2)17-12-21)27-23-13-18-29(19-14-23)20-22-8-6-5-7-9-22;/h5-9,21,23H,3-4,10-20H2,1-2H3,(H2,25,26,27);1H. The fourth-order valence-corrected chi connectivity index (χ4v) is 4.54. The van der Waals surface area contributed by atoms with Gasteiger partial charge in [-0.25, -0.2) is 0 Å². The maximum absolute atomic E-state index is 4.89. The van der Waals surface area contributed by atoms with Crippen molar-refractivity contribution in [1.29, 1.82) is 0 Å². The van der Waals surface area contributed by atoms with Gasteiger partial charge in [-0.1, -0.05) is 37.3 Å². The van der Waals surface area contributed by atoms with Gasteiger partial charge in [0.15, 0.2) is 5.96 Å². The molecule has 2 heterocycles. The Labute approximate surface area is 201 Å². The summed E-state index contributed by atoms with van der Waals surface area (Å²) in [6.45, 7) is 13.4. The molecule has 1 aromatic carbocycles. The Morgan fingerprint density at radius 2 is 1.63 bits per heavy atom. The van der Waals surface area contributed by atoms with Crippen molar-refractivity contribution >= 4 is 29.9 Å². The Morgan fingerprint density at radius 3 is 2.27 bits per heavy atom. The van der Waals surface area contributed by atoms with Crippen LogP contribution in [-0.2, 0) is 6.54 Å². The topological polar surface area (TPSA) is 42.9 Å². The second kappa shape index (κ2) is 14.2. The lowest BCUT2D eigenvalue weighted by molar-refractivity contribution is 0.188. The first-order chi connectivity index (χ1) is 14.3. The molecule has 0 bridgehead atoms. The number of nitrogens with one attached hydrogen (secondary N) is 2. The van der Waals surface area contributed by atoms with E-state index in [4.69, 9.17) is 4.99 Å². The smallest absolute Gasteiger partial charge is 0.191 e. The van der Waals surface area contributed by atoms with Gasteiger partial charge in [-0.15, -0.1) is 24.0 Å². The zero-order valence-electron chi connectivity index (χ0n) is 19.0. The highest BCUT2D eigenvalue weighted by atomic mass is 127. The van der Waals surface area contributed by atoms with E-state index in [1.165, 1.54) is 57.3 Å². The minimum Gasteiger partial charge on any atom is -0.357 e. The van der Waals surface area contributed by atoms with E-state index in [1.807, 2.05) is 0 Å². The molecule has 0 unspecified atom stereocenters. The van der Waals surface area contributed by atoms with Crippen LogP contribution in [0.2, 0.25) is 0 Å². The summed E-state index contributed by atoms with van der Waals surface area (Å²) in [6.07, 6.45) is 6.28. The van der Waals surface area contributed by atoms with Gasteiger partial charge in [-0.2, -0.15) is 0 Å². The summed E-state index contributed by atoms with van der Waals surface area (Å²) in [5.74, 6) is 1.87. The van der Waals surface area contributed by atoms with E-state index in [9.17, 15) is 0 Å². The normalized spacial score (nSPS) is 20.0. The van der Waals surface area contributed by atoms with Crippen LogP contribution in [-0.4, -0.2) is 67.6 Å². The highest BCUT2D eigenvalue weighted by Crippen LogP contribution is 2.20. The number of hydrogen-bond acceptors (Lipinski definition) is 3. The van der Waals surface area contributed by atoms with Gasteiger partial charge in [0.2, 0.25) is 0 Å². The lowest BCUT2D eigenvalue weighted by atomic mass is 9.94. The van der Waals surface area contributed by atoms with E-state index < -0.39 is 0 Å². The number of nitrogens with zero attached hydrogens (tertiary/aromatic N) is 3. The largest absolute Gasteiger partial charge is 0.357 e. The van der Waals surface area contributed by atoms with Crippen molar-refractivity contribution in [3.8, 4) is 0 Å². The summed E-state index contributed by atoms with van der Waals surface area (Å²) in [7, 11) is 0. The van der Waals surface area contributed by atoms with Gasteiger partial charge in [-0.05, 0) is 70.1 Å². The molecule has 0 atom stereocenters. The van der Waals surface area contributed by atoms with E-state index in [0.29, 0.717) is 6.04 Å². The molecule has 0 radical (unpaired) electrons. The summed E-state index contributed by atoms with van der Waals surface area (Å²) >= 11 is 0. The third-order valence-corrected chi connectivity index (χ3v) is 6.48. The molecule has 2 fully saturated rings. The third kappa shape index (κ3) is 8.71. The Balaban J connectivity index is 0.00000320. The molecule has 1 aromatic rings. The van der Waals surface area contributed by atoms with E-state index >= 15 is 0 Å². The predicted molar refractivity (Wildman–Crippen MR) is 139 cm³/mol. The molecule has 3 rings (SSSR count). The maximum atomic E-state index is 4.89. The number of halogens is 1. The highest BCUT2D eigenvalue weighted by molar-refractivity contribution is 14.0. The van der Waals surface area contributed by atoms with Crippen LogP contribution >= 0.6 is 24.0 Å². The average molecular weight is 528 g/mol. The molecule has 0 spiro atoms. The molecule has 170 valence electrons. The quantitative estimate of drug-likeness (QED) is 0.306. The Kier molecular flexibility index (Phi) is 12.1. The first kappa shape index (κ1) is 25.4. The zero-order chi connectivity index (χ0) is 20.3. The molecule has 2 aliphatic rings. The number of rotatable bonds is 8. The molecular formula is C24H42IN5. The number of benzene rings is 1. The first-order valence-corrected chi connectivity index (χ1v) is 11.8. The lowest BCUT2D eigenvalue weighted by Gasteiger charge is -2.33. The first-order valence-electron chi connectivity index (χ1n) is 11.8. The van der Waals surface area contributed by atoms with Crippen molar-refractivity contribution in [3.63, 3.8) is 0 Å². The number of aliphatic imine (C=N–C) groups is 1. The molecular weight excluding hydrogens is 485 g/mol. The fourth-order valence-electron chi connectivity index (χ4n) is 4.54. The van der Waals surface area contributed by atoms with Gasteiger partial charge in [-0.3, -0.25) is 9.89 Å². The third-order valence-electron chi connectivity index (χ3n) is 6.48. The van der Waals surface area contributed by atoms with Gasteiger partial charge in [0, 0.05) is 38.8 Å². The van der Waals surface area contributed by atoms with Crippen molar-refractivity contribution in [2.75, 3.05) is 45.8 Å². The van der Waals surface area contributed by atoms with Crippen LogP contribution in [0.25, 0.3) is 0 Å². The van der Waals surface area contributed by atoms with E-state index in [0.717, 1.165) is 44.6 Å². The fraction of sp³-hybridized carbons (Fsp3) is 0.708. The van der Waals surface area contributed by atoms with Crippen molar-refractivity contribution in [2.45, 2.75) is 58.5 Å². The highest BCUT2D eigenvalue weighted by Gasteiger charge is 2.20. The summed E-state index contributed by atoms with van der Waals surface area (Å²) in [5.41, 5.74) is 1.42. The molecule has 0 aromatic heterocycles. The molecule has 6 heteroatoms. The molecule has 0 amide bonds. The molecule has 2 aliphatic heterocycles. The van der Waals surface area contributed by atoms with Crippen LogP contribution in [0.1, 0.15) is 51.5 Å². The van der Waals surface area contributed by atoms with E-state index in [1.54, 1.807) is 0 Å². The Morgan fingerprint density at radius 1 is 0.967 bits per heavy atom. The maximum Gasteiger partial charge on any atom is 0.191 e. The number of piperidine rings is 2.